The van der Waals surface area contributed by atoms with E-state index in [2.05, 4.69) is 78.2 Å². The number of pyridine rings is 1. The Morgan fingerprint density at radius 2 is 1.77 bits per heavy atom. The molecular weight excluding hydrogens is 434 g/mol. The van der Waals surface area contributed by atoms with E-state index in [-0.39, 0.29) is 5.41 Å². The van der Waals surface area contributed by atoms with Crippen LogP contribution in [-0.2, 0) is 18.9 Å². The summed E-state index contributed by atoms with van der Waals surface area (Å²) < 4.78 is 1.99. The Hall–Kier alpha value is -3.48. The number of hydrogen-bond acceptors (Lipinski definition) is 6. The molecule has 0 aliphatic carbocycles. The molecule has 1 N–H and O–H groups in total. The quantitative estimate of drug-likeness (QED) is 0.412. The van der Waals surface area contributed by atoms with Crippen LogP contribution >= 0.6 is 0 Å². The lowest BCUT2D eigenvalue weighted by atomic mass is 9.86. The van der Waals surface area contributed by atoms with Crippen molar-refractivity contribution in [3.63, 3.8) is 0 Å². The fraction of sp³-hybridized carbons (Fsp3) is 0.429. The minimum Gasteiger partial charge on any atom is -0.341 e. The second-order valence-electron chi connectivity index (χ2n) is 10.8. The molecule has 7 heteroatoms. The number of nitrogens with zero attached hydrogens (tertiary/aromatic N) is 6. The summed E-state index contributed by atoms with van der Waals surface area (Å²) in [4.78, 5) is 20.9. The molecule has 0 saturated carbocycles. The van der Waals surface area contributed by atoms with Gasteiger partial charge in [-0.25, -0.2) is 4.98 Å². The van der Waals surface area contributed by atoms with E-state index >= 15 is 0 Å². The van der Waals surface area contributed by atoms with E-state index in [0.29, 0.717) is 5.92 Å². The number of hydrogen-bond donors (Lipinski definition) is 1. The fourth-order valence-corrected chi connectivity index (χ4v) is 4.81. The average molecular weight is 470 g/mol. The van der Waals surface area contributed by atoms with Crippen LogP contribution in [0, 0.1) is 12.8 Å². The van der Waals surface area contributed by atoms with E-state index in [9.17, 15) is 0 Å². The lowest BCUT2D eigenvalue weighted by Gasteiger charge is -2.32. The Balaban J connectivity index is 1.40. The smallest absolute Gasteiger partial charge is 0.229 e. The molecule has 1 saturated heterocycles. The first-order valence-corrected chi connectivity index (χ1v) is 12.5. The number of aromatic nitrogens is 5. The van der Waals surface area contributed by atoms with Crippen molar-refractivity contribution in [1.82, 2.24) is 24.5 Å². The second-order valence-corrected chi connectivity index (χ2v) is 10.8. The van der Waals surface area contributed by atoms with Gasteiger partial charge in [-0.1, -0.05) is 32.9 Å². The molecular formula is C28H35N7. The molecule has 35 heavy (non-hydrogen) atoms. The third kappa shape index (κ3) is 4.99. The van der Waals surface area contributed by atoms with Crippen molar-refractivity contribution in [3.8, 4) is 0 Å². The minimum atomic E-state index is 0.0728. The van der Waals surface area contributed by atoms with E-state index in [1.165, 1.54) is 16.7 Å². The Labute approximate surface area is 207 Å². The number of anilines is 3. The maximum atomic E-state index is 5.03. The number of benzene rings is 1. The molecule has 1 aliphatic heterocycles. The summed E-state index contributed by atoms with van der Waals surface area (Å²) in [5.41, 5.74) is 6.63. The topological polar surface area (TPSA) is 71.8 Å². The van der Waals surface area contributed by atoms with Gasteiger partial charge in [-0.3, -0.25) is 4.98 Å². The summed E-state index contributed by atoms with van der Waals surface area (Å²) in [7, 11) is 1.99. The number of nitrogens with one attached hydrogen (secondary N) is 1. The van der Waals surface area contributed by atoms with Crippen LogP contribution in [0.15, 0.2) is 49.1 Å². The third-order valence-electron chi connectivity index (χ3n) is 7.09. The highest BCUT2D eigenvalue weighted by atomic mass is 15.3. The molecule has 1 aliphatic rings. The highest BCUT2D eigenvalue weighted by molar-refractivity contribution is 5.87. The predicted octanol–water partition coefficient (Wildman–Crippen LogP) is 5.57. The largest absolute Gasteiger partial charge is 0.341 e. The van der Waals surface area contributed by atoms with Gasteiger partial charge in [-0.05, 0) is 72.4 Å². The zero-order valence-corrected chi connectivity index (χ0v) is 21.4. The van der Waals surface area contributed by atoms with Gasteiger partial charge in [0.25, 0.3) is 0 Å². The average Bonchev–Trinajstić information content (AvgIpc) is 3.22. The zero-order valence-electron chi connectivity index (χ0n) is 21.4. The van der Waals surface area contributed by atoms with Crippen LogP contribution < -0.4 is 10.2 Å². The van der Waals surface area contributed by atoms with E-state index in [1.54, 1.807) is 0 Å². The van der Waals surface area contributed by atoms with Crippen molar-refractivity contribution in [3.05, 3.63) is 65.7 Å². The molecule has 0 amide bonds. The maximum Gasteiger partial charge on any atom is 0.229 e. The molecule has 4 aromatic rings. The monoisotopic (exact) mass is 469 g/mol. The lowest BCUT2D eigenvalue weighted by Crippen LogP contribution is -2.35. The minimum absolute atomic E-state index is 0.0728. The first-order valence-electron chi connectivity index (χ1n) is 12.5. The summed E-state index contributed by atoms with van der Waals surface area (Å²) in [6.07, 6.45) is 8.94. The fourth-order valence-electron chi connectivity index (χ4n) is 4.81. The zero-order chi connectivity index (χ0) is 24.6. The molecule has 3 aromatic heterocycles. The van der Waals surface area contributed by atoms with Gasteiger partial charge in [0, 0.05) is 38.2 Å². The molecule has 0 atom stereocenters. The molecule has 1 aromatic carbocycles. The number of aryl methyl sites for hydroxylation is 2. The summed E-state index contributed by atoms with van der Waals surface area (Å²) in [6.45, 7) is 10.7. The number of fused-ring (bicyclic) bond motifs is 1. The van der Waals surface area contributed by atoms with Gasteiger partial charge < -0.3 is 14.8 Å². The van der Waals surface area contributed by atoms with Gasteiger partial charge in [-0.15, -0.1) is 0 Å². The Morgan fingerprint density at radius 3 is 2.49 bits per heavy atom. The number of piperidine rings is 1. The van der Waals surface area contributed by atoms with E-state index < -0.39 is 0 Å². The van der Waals surface area contributed by atoms with Gasteiger partial charge in [0.05, 0.1) is 6.33 Å². The Morgan fingerprint density at radius 1 is 1.03 bits per heavy atom. The highest BCUT2D eigenvalue weighted by Gasteiger charge is 2.24. The summed E-state index contributed by atoms with van der Waals surface area (Å²) >= 11 is 0. The first kappa shape index (κ1) is 23.3. The lowest BCUT2D eigenvalue weighted by molar-refractivity contribution is 0.401. The van der Waals surface area contributed by atoms with Crippen LogP contribution in [0.3, 0.4) is 0 Å². The molecule has 7 nitrogen and oxygen atoms in total. The predicted molar refractivity (Wildman–Crippen MR) is 142 cm³/mol. The van der Waals surface area contributed by atoms with Crippen molar-refractivity contribution in [1.29, 1.82) is 0 Å². The Bertz CT molecular complexity index is 1310. The van der Waals surface area contributed by atoms with E-state index in [0.717, 1.165) is 61.0 Å². The maximum absolute atomic E-state index is 5.03. The second kappa shape index (κ2) is 9.29. The van der Waals surface area contributed by atoms with Crippen LogP contribution in [0.1, 0.15) is 50.3 Å². The standard InChI is InChI=1S/C28H35N7/c1-19-6-7-22(28(2,3)4)17-23(19)31-26-24-25(30-18-34(24)5)32-27(33-26)35-14-10-21(11-15-35)16-20-8-12-29-13-9-20/h6-9,12-13,17-18,21H,10-11,14-16H2,1-5H3,(H,31,32,33). The van der Waals surface area contributed by atoms with Gasteiger partial charge >= 0.3 is 0 Å². The van der Waals surface area contributed by atoms with Gasteiger partial charge in [0.2, 0.25) is 5.95 Å². The van der Waals surface area contributed by atoms with E-state index in [1.807, 2.05) is 30.3 Å². The van der Waals surface area contributed by atoms with Crippen LogP contribution in [0.25, 0.3) is 11.2 Å². The molecule has 4 heterocycles. The van der Waals surface area contributed by atoms with Crippen molar-refractivity contribution in [2.24, 2.45) is 13.0 Å². The molecule has 0 bridgehead atoms. The van der Waals surface area contributed by atoms with Crippen molar-refractivity contribution in [2.75, 3.05) is 23.3 Å². The molecule has 0 spiro atoms. The number of rotatable bonds is 5. The van der Waals surface area contributed by atoms with Gasteiger partial charge in [-0.2, -0.15) is 9.97 Å². The van der Waals surface area contributed by atoms with Crippen molar-refractivity contribution >= 4 is 28.6 Å². The van der Waals surface area contributed by atoms with Gasteiger partial charge in [0.15, 0.2) is 11.5 Å². The van der Waals surface area contributed by atoms with Crippen molar-refractivity contribution < 1.29 is 0 Å². The van der Waals surface area contributed by atoms with Crippen LogP contribution in [0.2, 0.25) is 0 Å². The first-order chi connectivity index (χ1) is 16.8. The summed E-state index contributed by atoms with van der Waals surface area (Å²) in [5, 5.41) is 3.63. The molecule has 0 unspecified atom stereocenters. The Kier molecular flexibility index (Phi) is 6.17. The molecule has 182 valence electrons. The molecule has 0 radical (unpaired) electrons. The van der Waals surface area contributed by atoms with E-state index in [4.69, 9.17) is 9.97 Å². The summed E-state index contributed by atoms with van der Waals surface area (Å²) in [6, 6.07) is 10.9. The van der Waals surface area contributed by atoms with Crippen LogP contribution in [0.5, 0.6) is 0 Å². The normalized spacial score (nSPS) is 15.1. The SMILES string of the molecule is Cc1ccc(C(C)(C)C)cc1Nc1nc(N2CCC(Cc3ccncc3)CC2)nc2ncn(C)c12. The van der Waals surface area contributed by atoms with Crippen LogP contribution in [-0.4, -0.2) is 37.6 Å². The number of imidazole rings is 1. The van der Waals surface area contributed by atoms with Gasteiger partial charge in [0.1, 0.15) is 5.52 Å². The summed E-state index contributed by atoms with van der Waals surface area (Å²) in [5.74, 6) is 2.23. The molecule has 5 rings (SSSR count). The highest BCUT2D eigenvalue weighted by Crippen LogP contribution is 2.32. The van der Waals surface area contributed by atoms with Crippen molar-refractivity contribution in [2.45, 2.75) is 52.4 Å². The van der Waals surface area contributed by atoms with Crippen LogP contribution in [0.4, 0.5) is 17.5 Å². The molecule has 1 fully saturated rings. The third-order valence-corrected chi connectivity index (χ3v) is 7.09.